The lowest BCUT2D eigenvalue weighted by atomic mass is 10.3. The van der Waals surface area contributed by atoms with Crippen LogP contribution >= 0.6 is 11.6 Å². The van der Waals surface area contributed by atoms with E-state index in [1.54, 1.807) is 0 Å². The van der Waals surface area contributed by atoms with Crippen LogP contribution in [-0.2, 0) is 0 Å². The Morgan fingerprint density at radius 3 is 2.61 bits per heavy atom. The number of anilines is 1. The van der Waals surface area contributed by atoms with Gasteiger partial charge in [-0.05, 0) is 6.07 Å². The average molecular weight is 284 g/mol. The van der Waals surface area contributed by atoms with Gasteiger partial charge in [0.15, 0.2) is 0 Å². The number of hydrogen-bond donors (Lipinski definition) is 0. The molecule has 0 amide bonds. The first-order valence-electron chi connectivity index (χ1n) is 4.79. The van der Waals surface area contributed by atoms with E-state index in [1.807, 2.05) is 0 Å². The molecule has 0 N–H and O–H groups in total. The summed E-state index contributed by atoms with van der Waals surface area (Å²) in [5, 5.41) is 10.7. The summed E-state index contributed by atoms with van der Waals surface area (Å²) in [4.78, 5) is 14.7. The van der Waals surface area contributed by atoms with E-state index in [9.17, 15) is 23.3 Å². The van der Waals surface area contributed by atoms with Gasteiger partial charge in [0.25, 0.3) is 0 Å². The van der Waals surface area contributed by atoms with Crippen molar-refractivity contribution in [2.45, 2.75) is 12.6 Å². The van der Waals surface area contributed by atoms with Crippen molar-refractivity contribution < 1.29 is 18.1 Å². The number of aromatic nitrogens is 1. The lowest BCUT2D eigenvalue weighted by Crippen LogP contribution is -2.25. The first kappa shape index (κ1) is 14.5. The molecule has 0 atom stereocenters. The number of nitrogens with zero attached hydrogens (tertiary/aromatic N) is 3. The molecule has 0 bridgehead atoms. The van der Waals surface area contributed by atoms with Gasteiger partial charge in [0.05, 0.1) is 11.3 Å². The van der Waals surface area contributed by atoms with Crippen LogP contribution in [0.3, 0.4) is 0 Å². The monoisotopic (exact) mass is 283 g/mol. The van der Waals surface area contributed by atoms with Gasteiger partial charge in [0, 0.05) is 19.7 Å². The molecule has 0 saturated heterocycles. The first-order valence-corrected chi connectivity index (χ1v) is 5.17. The fourth-order valence-electron chi connectivity index (χ4n) is 1.24. The minimum absolute atomic E-state index is 0.0190. The number of nitro groups is 1. The van der Waals surface area contributed by atoms with E-state index in [4.69, 9.17) is 11.6 Å². The molecule has 0 saturated carbocycles. The third-order valence-corrected chi connectivity index (χ3v) is 2.32. The molecule has 0 aliphatic rings. The summed E-state index contributed by atoms with van der Waals surface area (Å²) in [5.41, 5.74) is -0.385. The normalized spacial score (nSPS) is 11.4. The highest BCUT2D eigenvalue weighted by Crippen LogP contribution is 2.28. The molecule has 0 spiro atoms. The molecule has 5 nitrogen and oxygen atoms in total. The second-order valence-corrected chi connectivity index (χ2v) is 3.91. The van der Waals surface area contributed by atoms with Crippen molar-refractivity contribution in [1.29, 1.82) is 0 Å². The lowest BCUT2D eigenvalue weighted by molar-refractivity contribution is -0.384. The van der Waals surface area contributed by atoms with Gasteiger partial charge >= 0.3 is 11.9 Å². The number of pyridine rings is 1. The Morgan fingerprint density at radius 2 is 2.11 bits per heavy atom. The molecule has 0 aromatic carbocycles. The van der Waals surface area contributed by atoms with E-state index >= 15 is 0 Å². The van der Waals surface area contributed by atoms with E-state index in [0.717, 1.165) is 11.0 Å². The molecule has 0 fully saturated rings. The van der Waals surface area contributed by atoms with Gasteiger partial charge in [0.2, 0.25) is 5.82 Å². The Bertz CT molecular complexity index is 453. The van der Waals surface area contributed by atoms with Crippen LogP contribution in [0.4, 0.5) is 24.7 Å². The average Bonchev–Trinajstić information content (AvgIpc) is 2.24. The van der Waals surface area contributed by atoms with Gasteiger partial charge < -0.3 is 4.90 Å². The Labute approximate surface area is 105 Å². The van der Waals surface area contributed by atoms with Crippen LogP contribution in [-0.4, -0.2) is 29.7 Å². The van der Waals surface area contributed by atoms with Crippen molar-refractivity contribution in [3.8, 4) is 0 Å². The van der Waals surface area contributed by atoms with Crippen LogP contribution < -0.4 is 4.90 Å². The number of alkyl halides is 3. The molecule has 18 heavy (non-hydrogen) atoms. The van der Waals surface area contributed by atoms with Gasteiger partial charge in [-0.2, -0.15) is 13.2 Å². The highest BCUT2D eigenvalue weighted by molar-refractivity contribution is 6.29. The van der Waals surface area contributed by atoms with Crippen LogP contribution in [0.2, 0.25) is 5.15 Å². The third-order valence-electron chi connectivity index (χ3n) is 2.11. The summed E-state index contributed by atoms with van der Waals surface area (Å²) < 4.78 is 36.2. The molecule has 1 aromatic heterocycles. The van der Waals surface area contributed by atoms with E-state index in [1.165, 1.54) is 13.1 Å². The molecule has 0 aliphatic carbocycles. The van der Waals surface area contributed by atoms with Gasteiger partial charge in [-0.15, -0.1) is 0 Å². The van der Waals surface area contributed by atoms with Crippen LogP contribution in [0, 0.1) is 10.1 Å². The third kappa shape index (κ3) is 4.02. The largest absolute Gasteiger partial charge is 0.390 e. The second-order valence-electron chi connectivity index (χ2n) is 3.52. The Morgan fingerprint density at radius 1 is 1.50 bits per heavy atom. The molecule has 1 aromatic rings. The van der Waals surface area contributed by atoms with Crippen LogP contribution in [0.1, 0.15) is 6.42 Å². The van der Waals surface area contributed by atoms with Crippen molar-refractivity contribution in [3.05, 3.63) is 27.4 Å². The first-order chi connectivity index (χ1) is 8.20. The van der Waals surface area contributed by atoms with Crippen molar-refractivity contribution in [1.82, 2.24) is 4.98 Å². The Kier molecular flexibility index (Phi) is 4.33. The Balaban J connectivity index is 2.93. The van der Waals surface area contributed by atoms with Gasteiger partial charge in [-0.1, -0.05) is 11.6 Å². The maximum atomic E-state index is 12.1. The van der Waals surface area contributed by atoms with Gasteiger partial charge in [0.1, 0.15) is 5.15 Å². The highest BCUT2D eigenvalue weighted by atomic mass is 35.5. The van der Waals surface area contributed by atoms with Crippen LogP contribution in [0.5, 0.6) is 0 Å². The summed E-state index contributed by atoms with van der Waals surface area (Å²) in [7, 11) is 1.29. The topological polar surface area (TPSA) is 59.3 Å². The zero-order valence-electron chi connectivity index (χ0n) is 9.24. The molecular weight excluding hydrogens is 275 g/mol. The molecular formula is C9H9ClF3N3O2. The van der Waals surface area contributed by atoms with Crippen LogP contribution in [0.25, 0.3) is 0 Å². The summed E-state index contributed by atoms with van der Waals surface area (Å²) in [6.07, 6.45) is -5.42. The van der Waals surface area contributed by atoms with Crippen molar-refractivity contribution >= 4 is 23.1 Å². The SMILES string of the molecule is CN(CCC(F)(F)F)c1nc(Cl)ccc1[N+](=O)[O-]. The van der Waals surface area contributed by atoms with Crippen LogP contribution in [0.15, 0.2) is 12.1 Å². The zero-order valence-corrected chi connectivity index (χ0v) is 9.99. The fraction of sp³-hybridized carbons (Fsp3) is 0.444. The molecule has 1 rings (SSSR count). The summed E-state index contributed by atoms with van der Waals surface area (Å²) in [6, 6.07) is 2.32. The zero-order chi connectivity index (χ0) is 13.9. The van der Waals surface area contributed by atoms with Crippen molar-refractivity contribution in [2.24, 2.45) is 0 Å². The standard InChI is InChI=1S/C9H9ClF3N3O2/c1-15(5-4-9(11,12)13)8-6(16(17)18)2-3-7(10)14-8/h2-3H,4-5H2,1H3. The van der Waals surface area contributed by atoms with E-state index in [2.05, 4.69) is 4.98 Å². The predicted molar refractivity (Wildman–Crippen MR) is 59.8 cm³/mol. The maximum absolute atomic E-state index is 12.1. The molecule has 9 heteroatoms. The van der Waals surface area contributed by atoms with Gasteiger partial charge in [-0.25, -0.2) is 4.98 Å². The van der Waals surface area contributed by atoms with E-state index in [-0.39, 0.29) is 16.7 Å². The van der Waals surface area contributed by atoms with Crippen molar-refractivity contribution in [3.63, 3.8) is 0 Å². The van der Waals surface area contributed by atoms with Crippen molar-refractivity contribution in [2.75, 3.05) is 18.5 Å². The summed E-state index contributed by atoms with van der Waals surface area (Å²) >= 11 is 5.57. The summed E-state index contributed by atoms with van der Waals surface area (Å²) in [6.45, 7) is -0.433. The summed E-state index contributed by atoms with van der Waals surface area (Å²) in [5.74, 6) is -0.184. The van der Waals surface area contributed by atoms with Gasteiger partial charge in [-0.3, -0.25) is 10.1 Å². The number of hydrogen-bond acceptors (Lipinski definition) is 4. The van der Waals surface area contributed by atoms with E-state index < -0.39 is 24.1 Å². The highest BCUT2D eigenvalue weighted by Gasteiger charge is 2.29. The maximum Gasteiger partial charge on any atom is 0.390 e. The Hall–Kier alpha value is -1.57. The van der Waals surface area contributed by atoms with E-state index in [0.29, 0.717) is 0 Å². The predicted octanol–water partition coefficient (Wildman–Crippen LogP) is 3.03. The minimum Gasteiger partial charge on any atom is -0.354 e. The minimum atomic E-state index is -4.33. The number of halogens is 4. The smallest absolute Gasteiger partial charge is 0.354 e. The number of rotatable bonds is 4. The second kappa shape index (κ2) is 5.38. The molecule has 100 valence electrons. The molecule has 0 radical (unpaired) electrons. The molecule has 0 unspecified atom stereocenters. The molecule has 1 heterocycles. The fourth-order valence-corrected chi connectivity index (χ4v) is 1.38. The molecule has 0 aliphatic heterocycles. The quantitative estimate of drug-likeness (QED) is 0.484. The lowest BCUT2D eigenvalue weighted by Gasteiger charge is -2.18.